The van der Waals surface area contributed by atoms with E-state index in [0.717, 1.165) is 4.34 Å². The zero-order chi connectivity index (χ0) is 13.8. The van der Waals surface area contributed by atoms with Crippen molar-refractivity contribution >= 4 is 29.1 Å². The molecule has 4 nitrogen and oxygen atoms in total. The van der Waals surface area contributed by atoms with Crippen molar-refractivity contribution in [1.82, 2.24) is 10.3 Å². The van der Waals surface area contributed by atoms with E-state index in [1.165, 1.54) is 0 Å². The fourth-order valence-electron chi connectivity index (χ4n) is 1.90. The number of thiazole rings is 1. The Morgan fingerprint density at radius 3 is 2.72 bits per heavy atom. The summed E-state index contributed by atoms with van der Waals surface area (Å²) in [6.07, 6.45) is 2.33. The maximum absolute atomic E-state index is 11.4. The molecule has 0 saturated heterocycles. The summed E-state index contributed by atoms with van der Waals surface area (Å²) in [5.74, 6) is -0.803. The van der Waals surface area contributed by atoms with Crippen molar-refractivity contribution in [3.8, 4) is 0 Å². The molecule has 0 saturated carbocycles. The number of carbonyl (C=O) groups is 1. The third-order valence-electron chi connectivity index (χ3n) is 2.49. The number of carboxylic acid groups (broad SMARTS) is 1. The van der Waals surface area contributed by atoms with Crippen LogP contribution in [0.2, 0.25) is 0 Å². The van der Waals surface area contributed by atoms with Crippen LogP contribution in [0, 0.1) is 0 Å². The number of rotatable bonds is 7. The number of aromatic nitrogens is 1. The van der Waals surface area contributed by atoms with Gasteiger partial charge in [-0.15, -0.1) is 11.3 Å². The molecule has 0 aliphatic heterocycles. The molecule has 1 aromatic heterocycles. The highest BCUT2D eigenvalue weighted by Crippen LogP contribution is 2.30. The Labute approximate surface area is 116 Å². The van der Waals surface area contributed by atoms with Crippen LogP contribution in [-0.2, 0) is 4.79 Å². The first-order valence-electron chi connectivity index (χ1n) is 5.91. The van der Waals surface area contributed by atoms with Gasteiger partial charge in [0.25, 0.3) is 0 Å². The van der Waals surface area contributed by atoms with Crippen molar-refractivity contribution in [1.29, 1.82) is 0 Å². The molecular formula is C12H20N2O2S2. The Balaban J connectivity index is 2.63. The maximum atomic E-state index is 11.4. The minimum atomic E-state index is -0.891. The lowest BCUT2D eigenvalue weighted by atomic mass is 9.95. The van der Waals surface area contributed by atoms with Crippen molar-refractivity contribution in [3.05, 3.63) is 11.6 Å². The molecule has 0 bridgehead atoms. The van der Waals surface area contributed by atoms with Crippen LogP contribution in [0.4, 0.5) is 0 Å². The molecule has 2 N–H and O–H groups in total. The second-order valence-electron chi connectivity index (χ2n) is 4.87. The Morgan fingerprint density at radius 1 is 1.61 bits per heavy atom. The first kappa shape index (κ1) is 15.5. The number of hydrogen-bond donors (Lipinski definition) is 2. The Morgan fingerprint density at radius 2 is 2.28 bits per heavy atom. The van der Waals surface area contributed by atoms with Gasteiger partial charge in [-0.3, -0.25) is 10.1 Å². The third kappa shape index (κ3) is 4.59. The smallest absolute Gasteiger partial charge is 0.323 e. The number of nitrogens with one attached hydrogen (secondary N) is 1. The van der Waals surface area contributed by atoms with Gasteiger partial charge in [-0.1, -0.05) is 18.7 Å². The van der Waals surface area contributed by atoms with Gasteiger partial charge in [0.05, 0.1) is 0 Å². The lowest BCUT2D eigenvalue weighted by molar-refractivity contribution is -0.144. The van der Waals surface area contributed by atoms with Gasteiger partial charge in [0.2, 0.25) is 0 Å². The molecular weight excluding hydrogens is 268 g/mol. The minimum Gasteiger partial charge on any atom is -0.480 e. The number of aliphatic carboxylic acids is 1. The van der Waals surface area contributed by atoms with Crippen LogP contribution in [0.15, 0.2) is 15.9 Å². The Hall–Kier alpha value is -0.590. The monoisotopic (exact) mass is 288 g/mol. The van der Waals surface area contributed by atoms with Gasteiger partial charge in [-0.25, -0.2) is 4.98 Å². The third-order valence-corrected chi connectivity index (χ3v) is 4.50. The van der Waals surface area contributed by atoms with Crippen LogP contribution in [0.25, 0.3) is 0 Å². The molecule has 0 aromatic carbocycles. The van der Waals surface area contributed by atoms with Gasteiger partial charge < -0.3 is 5.11 Å². The Bertz CT molecular complexity index is 381. The molecule has 18 heavy (non-hydrogen) atoms. The first-order valence-corrected chi connectivity index (χ1v) is 7.66. The number of carboxylic acids is 1. The van der Waals surface area contributed by atoms with E-state index in [0.29, 0.717) is 6.42 Å². The molecule has 2 unspecified atom stereocenters. The predicted octanol–water partition coefficient (Wildman–Crippen LogP) is 2.86. The molecule has 1 heterocycles. The summed E-state index contributed by atoms with van der Waals surface area (Å²) in [7, 11) is 0. The molecule has 1 aromatic rings. The average molecular weight is 288 g/mol. The van der Waals surface area contributed by atoms with Crippen molar-refractivity contribution in [2.45, 2.75) is 55.3 Å². The van der Waals surface area contributed by atoms with Crippen LogP contribution < -0.4 is 5.32 Å². The predicted molar refractivity (Wildman–Crippen MR) is 76.4 cm³/mol. The topological polar surface area (TPSA) is 62.2 Å². The van der Waals surface area contributed by atoms with E-state index in [4.69, 9.17) is 0 Å². The fraction of sp³-hybridized carbons (Fsp3) is 0.667. The van der Waals surface area contributed by atoms with Crippen LogP contribution >= 0.6 is 23.1 Å². The minimum absolute atomic E-state index is 0.142. The summed E-state index contributed by atoms with van der Waals surface area (Å²) in [6, 6.07) is 0.142. The molecule has 102 valence electrons. The van der Waals surface area contributed by atoms with Gasteiger partial charge in [0.1, 0.15) is 9.88 Å². The highest BCUT2D eigenvalue weighted by Gasteiger charge is 2.35. The lowest BCUT2D eigenvalue weighted by Crippen LogP contribution is -2.53. The number of hydrogen-bond acceptors (Lipinski definition) is 5. The first-order chi connectivity index (χ1) is 8.33. The van der Waals surface area contributed by atoms with Crippen LogP contribution in [0.5, 0.6) is 0 Å². The zero-order valence-corrected chi connectivity index (χ0v) is 12.8. The van der Waals surface area contributed by atoms with E-state index in [2.05, 4.69) is 10.3 Å². The molecule has 0 aliphatic carbocycles. The summed E-state index contributed by atoms with van der Waals surface area (Å²) in [5, 5.41) is 14.6. The standard InChI is InChI=1S/C12H20N2O2S2/c1-8(2)14-12(4,10(15)16)7-9(3)18-11-13-5-6-17-11/h5-6,8-9,14H,7H2,1-4H3,(H,15,16). The zero-order valence-electron chi connectivity index (χ0n) is 11.1. The van der Waals surface area contributed by atoms with Crippen molar-refractivity contribution in [3.63, 3.8) is 0 Å². The van der Waals surface area contributed by atoms with E-state index in [1.54, 1.807) is 36.2 Å². The second-order valence-corrected chi connectivity index (χ2v) is 7.45. The maximum Gasteiger partial charge on any atom is 0.323 e. The largest absolute Gasteiger partial charge is 0.480 e. The lowest BCUT2D eigenvalue weighted by Gasteiger charge is -2.30. The van der Waals surface area contributed by atoms with Gasteiger partial charge >= 0.3 is 5.97 Å². The summed E-state index contributed by atoms with van der Waals surface area (Å²) >= 11 is 3.21. The van der Waals surface area contributed by atoms with Gasteiger partial charge in [-0.2, -0.15) is 0 Å². The molecule has 0 amide bonds. The molecule has 2 atom stereocenters. The van der Waals surface area contributed by atoms with E-state index >= 15 is 0 Å². The summed E-state index contributed by atoms with van der Waals surface area (Å²) < 4.78 is 0.986. The van der Waals surface area contributed by atoms with Crippen molar-refractivity contribution in [2.24, 2.45) is 0 Å². The highest BCUT2D eigenvalue weighted by molar-refractivity contribution is 8.01. The SMILES string of the molecule is CC(C)NC(C)(CC(C)Sc1nccs1)C(=O)O. The van der Waals surface area contributed by atoms with Crippen LogP contribution in [0.3, 0.4) is 0 Å². The summed E-state index contributed by atoms with van der Waals surface area (Å²) in [4.78, 5) is 15.6. The second kappa shape index (κ2) is 6.54. The molecule has 0 aliphatic rings. The summed E-state index contributed by atoms with van der Waals surface area (Å²) in [6.45, 7) is 7.70. The van der Waals surface area contributed by atoms with Gasteiger partial charge in [-0.05, 0) is 27.2 Å². The number of nitrogens with zero attached hydrogens (tertiary/aromatic N) is 1. The fourth-order valence-corrected chi connectivity index (χ4v) is 4.03. The van der Waals surface area contributed by atoms with E-state index in [9.17, 15) is 9.90 Å². The molecule has 0 fully saturated rings. The molecule has 0 radical (unpaired) electrons. The van der Waals surface area contributed by atoms with Crippen molar-refractivity contribution < 1.29 is 9.90 Å². The van der Waals surface area contributed by atoms with E-state index < -0.39 is 11.5 Å². The molecule has 0 spiro atoms. The van der Waals surface area contributed by atoms with Gasteiger partial charge in [0, 0.05) is 22.9 Å². The van der Waals surface area contributed by atoms with Crippen molar-refractivity contribution in [2.75, 3.05) is 0 Å². The normalized spacial score (nSPS) is 16.5. The van der Waals surface area contributed by atoms with E-state index in [1.807, 2.05) is 26.2 Å². The highest BCUT2D eigenvalue weighted by atomic mass is 32.2. The average Bonchev–Trinajstić information content (AvgIpc) is 2.68. The molecule has 1 rings (SSSR count). The number of thioether (sulfide) groups is 1. The Kier molecular flexibility index (Phi) is 5.62. The summed E-state index contributed by atoms with van der Waals surface area (Å²) in [5.41, 5.74) is -0.891. The molecule has 6 heteroatoms. The van der Waals surface area contributed by atoms with Crippen LogP contribution in [-0.4, -0.2) is 32.9 Å². The quantitative estimate of drug-likeness (QED) is 0.755. The van der Waals surface area contributed by atoms with Gasteiger partial charge in [0.15, 0.2) is 0 Å². The van der Waals surface area contributed by atoms with E-state index in [-0.39, 0.29) is 11.3 Å². The van der Waals surface area contributed by atoms with Crippen LogP contribution in [0.1, 0.15) is 34.1 Å².